The lowest BCUT2D eigenvalue weighted by atomic mass is 9.96. The van der Waals surface area contributed by atoms with Gasteiger partial charge in [0, 0.05) is 48.2 Å². The third-order valence-electron chi connectivity index (χ3n) is 8.51. The quantitative estimate of drug-likeness (QED) is 0.232. The molecule has 2 aromatic heterocycles. The highest BCUT2D eigenvalue weighted by Gasteiger charge is 2.31. The number of hydrogen-bond acceptors (Lipinski definition) is 5. The highest BCUT2D eigenvalue weighted by atomic mass is 32.2. The first kappa shape index (κ1) is 29.8. The van der Waals surface area contributed by atoms with E-state index in [0.717, 1.165) is 22.2 Å². The van der Waals surface area contributed by atoms with E-state index >= 15 is 4.39 Å². The maximum atomic E-state index is 16.1. The van der Waals surface area contributed by atoms with Crippen LogP contribution >= 0.6 is 0 Å². The summed E-state index contributed by atoms with van der Waals surface area (Å²) in [4.78, 5) is 12.9. The number of carbonyl (C=O) groups is 1. The molecule has 0 amide bonds. The Morgan fingerprint density at radius 2 is 1.82 bits per heavy atom. The Labute approximate surface area is 255 Å². The number of aryl methyl sites for hydroxylation is 3. The van der Waals surface area contributed by atoms with Crippen molar-refractivity contribution in [3.63, 3.8) is 0 Å². The zero-order valence-corrected chi connectivity index (χ0v) is 25.8. The summed E-state index contributed by atoms with van der Waals surface area (Å²) >= 11 is 0. The Hall–Kier alpha value is -4.22. The van der Waals surface area contributed by atoms with Crippen LogP contribution < -0.4 is 4.74 Å². The van der Waals surface area contributed by atoms with Crippen LogP contribution in [0.25, 0.3) is 32.8 Å². The van der Waals surface area contributed by atoms with E-state index in [1.807, 2.05) is 49.4 Å². The Kier molecular flexibility index (Phi) is 7.93. The fourth-order valence-electron chi connectivity index (χ4n) is 6.50. The first-order valence-corrected chi connectivity index (χ1v) is 16.4. The van der Waals surface area contributed by atoms with Gasteiger partial charge in [0.2, 0.25) is 10.0 Å². The van der Waals surface area contributed by atoms with E-state index in [9.17, 15) is 18.3 Å². The van der Waals surface area contributed by atoms with Gasteiger partial charge in [-0.15, -0.1) is 0 Å². The largest absolute Gasteiger partial charge is 0.493 e. The SMILES string of the molecule is CCc1c2c(nn1C)CN(C)S(=O)(=O)CCCn1c(C(=O)O)c(CCCOc3cccc4ccccc34)c3ccc(F)c-2c31. The molecule has 0 aliphatic carbocycles. The van der Waals surface area contributed by atoms with Crippen molar-refractivity contribution in [1.82, 2.24) is 18.7 Å². The van der Waals surface area contributed by atoms with E-state index in [0.29, 0.717) is 53.6 Å². The number of aromatic carboxylic acids is 1. The maximum absolute atomic E-state index is 16.1. The molecule has 0 saturated carbocycles. The number of benzene rings is 3. The van der Waals surface area contributed by atoms with Gasteiger partial charge in [0.05, 0.1) is 30.1 Å². The summed E-state index contributed by atoms with van der Waals surface area (Å²) in [5, 5.41) is 17.8. The van der Waals surface area contributed by atoms with Gasteiger partial charge in [0.15, 0.2) is 0 Å². The number of fused-ring (bicyclic) bond motifs is 3. The fraction of sp³-hybridized carbons (Fsp3) is 0.333. The number of sulfonamides is 1. The fourth-order valence-corrected chi connectivity index (χ4v) is 7.62. The number of ether oxygens (including phenoxy) is 1. The molecule has 44 heavy (non-hydrogen) atoms. The van der Waals surface area contributed by atoms with Gasteiger partial charge in [-0.25, -0.2) is 17.6 Å². The summed E-state index contributed by atoms with van der Waals surface area (Å²) in [6, 6.07) is 16.8. The average Bonchev–Trinajstić information content (AvgIpc) is 3.47. The second kappa shape index (κ2) is 11.7. The van der Waals surface area contributed by atoms with Gasteiger partial charge in [-0.2, -0.15) is 9.40 Å². The lowest BCUT2D eigenvalue weighted by molar-refractivity contribution is 0.0684. The Bertz CT molecular complexity index is 2010. The van der Waals surface area contributed by atoms with Crippen LogP contribution in [-0.2, 0) is 43.0 Å². The smallest absolute Gasteiger partial charge is 0.352 e. The number of carboxylic acid groups (broad SMARTS) is 1. The second-order valence-electron chi connectivity index (χ2n) is 11.2. The molecule has 0 atom stereocenters. The second-order valence-corrected chi connectivity index (χ2v) is 13.4. The van der Waals surface area contributed by atoms with E-state index in [2.05, 4.69) is 5.10 Å². The molecule has 0 unspecified atom stereocenters. The molecule has 3 aromatic carbocycles. The standard InChI is InChI=1S/C33H35FN4O5S/c1-4-27-30-26(35-37(27)3)20-36(2)44(41,42)19-9-17-38-31-24(15-16-25(34)29(30)31)23(32(38)33(39)40)13-8-18-43-28-14-7-11-21-10-5-6-12-22(21)28/h5-7,10-12,14-16H,4,8-9,13,17-20H2,1-3H3,(H,39,40). The van der Waals surface area contributed by atoms with Crippen molar-refractivity contribution >= 4 is 37.7 Å². The summed E-state index contributed by atoms with van der Waals surface area (Å²) in [6.07, 6.45) is 1.59. The highest BCUT2D eigenvalue weighted by molar-refractivity contribution is 7.89. The molecule has 1 N–H and O–H groups in total. The minimum absolute atomic E-state index is 0.0216. The van der Waals surface area contributed by atoms with Crippen molar-refractivity contribution in [2.24, 2.45) is 7.05 Å². The molecule has 0 fully saturated rings. The summed E-state index contributed by atoms with van der Waals surface area (Å²) in [5.74, 6) is -1.07. The summed E-state index contributed by atoms with van der Waals surface area (Å²) in [5.41, 5.74) is 3.03. The van der Waals surface area contributed by atoms with Gasteiger partial charge >= 0.3 is 5.97 Å². The normalized spacial score (nSPS) is 15.3. The first-order valence-electron chi connectivity index (χ1n) is 14.8. The monoisotopic (exact) mass is 618 g/mol. The molecule has 0 radical (unpaired) electrons. The topological polar surface area (TPSA) is 107 Å². The first-order chi connectivity index (χ1) is 21.1. The van der Waals surface area contributed by atoms with E-state index in [-0.39, 0.29) is 36.5 Å². The van der Waals surface area contributed by atoms with Gasteiger partial charge in [-0.05, 0) is 54.8 Å². The zero-order chi connectivity index (χ0) is 31.2. The Morgan fingerprint density at radius 3 is 2.59 bits per heavy atom. The minimum atomic E-state index is -3.67. The third-order valence-corrected chi connectivity index (χ3v) is 10.4. The molecule has 1 aliphatic rings. The van der Waals surface area contributed by atoms with E-state index in [1.165, 1.54) is 17.4 Å². The van der Waals surface area contributed by atoms with Crippen LogP contribution in [0, 0.1) is 5.82 Å². The summed E-state index contributed by atoms with van der Waals surface area (Å²) in [6.45, 7) is 2.37. The molecule has 230 valence electrons. The van der Waals surface area contributed by atoms with Gasteiger partial charge in [-0.3, -0.25) is 4.68 Å². The molecule has 5 aromatic rings. The van der Waals surface area contributed by atoms with Crippen LogP contribution in [0.4, 0.5) is 4.39 Å². The average molecular weight is 619 g/mol. The van der Waals surface area contributed by atoms with Gasteiger partial charge < -0.3 is 14.4 Å². The third kappa shape index (κ3) is 5.13. The Morgan fingerprint density at radius 1 is 1.05 bits per heavy atom. The van der Waals surface area contributed by atoms with Crippen molar-refractivity contribution in [3.8, 4) is 16.9 Å². The predicted molar refractivity (Wildman–Crippen MR) is 168 cm³/mol. The summed E-state index contributed by atoms with van der Waals surface area (Å²) < 4.78 is 53.0. The predicted octanol–water partition coefficient (Wildman–Crippen LogP) is 5.77. The van der Waals surface area contributed by atoms with Crippen LogP contribution in [0.5, 0.6) is 5.75 Å². The van der Waals surface area contributed by atoms with Crippen molar-refractivity contribution in [2.75, 3.05) is 19.4 Å². The number of hydrogen-bond donors (Lipinski definition) is 1. The minimum Gasteiger partial charge on any atom is -0.493 e. The van der Waals surface area contributed by atoms with Crippen molar-refractivity contribution in [2.45, 2.75) is 45.7 Å². The number of nitrogens with zero attached hydrogens (tertiary/aromatic N) is 4. The molecule has 6 rings (SSSR count). The lowest BCUT2D eigenvalue weighted by Gasteiger charge is -2.16. The molecular weight excluding hydrogens is 583 g/mol. The Balaban J connectivity index is 1.47. The van der Waals surface area contributed by atoms with Crippen LogP contribution in [0.1, 0.15) is 47.2 Å². The molecule has 9 nitrogen and oxygen atoms in total. The van der Waals surface area contributed by atoms with E-state index in [4.69, 9.17) is 4.74 Å². The number of aromatic nitrogens is 3. The summed E-state index contributed by atoms with van der Waals surface area (Å²) in [7, 11) is -0.416. The van der Waals surface area contributed by atoms with Crippen LogP contribution in [0.2, 0.25) is 0 Å². The van der Waals surface area contributed by atoms with E-state index < -0.39 is 21.8 Å². The van der Waals surface area contributed by atoms with Crippen LogP contribution in [0.3, 0.4) is 0 Å². The maximum Gasteiger partial charge on any atom is 0.352 e. The van der Waals surface area contributed by atoms with Crippen LogP contribution in [0.15, 0.2) is 54.6 Å². The molecule has 11 heteroatoms. The van der Waals surface area contributed by atoms with E-state index in [1.54, 1.807) is 22.4 Å². The molecule has 0 bridgehead atoms. The number of carboxylic acids is 1. The molecule has 0 saturated heterocycles. The molecule has 3 heterocycles. The molecular formula is C33H35FN4O5S. The van der Waals surface area contributed by atoms with Crippen molar-refractivity contribution in [1.29, 1.82) is 0 Å². The molecule has 0 spiro atoms. The van der Waals surface area contributed by atoms with Gasteiger partial charge in [-0.1, -0.05) is 43.3 Å². The van der Waals surface area contributed by atoms with Gasteiger partial charge in [0.1, 0.15) is 17.3 Å². The van der Waals surface area contributed by atoms with Gasteiger partial charge in [0.25, 0.3) is 0 Å². The van der Waals surface area contributed by atoms with Crippen molar-refractivity contribution in [3.05, 3.63) is 83.1 Å². The molecule has 1 aliphatic heterocycles. The van der Waals surface area contributed by atoms with Crippen molar-refractivity contribution < 1.29 is 27.4 Å². The number of rotatable bonds is 7. The lowest BCUT2D eigenvalue weighted by Crippen LogP contribution is -2.29. The highest BCUT2D eigenvalue weighted by Crippen LogP contribution is 2.41. The van der Waals surface area contributed by atoms with Crippen LogP contribution in [-0.4, -0.2) is 57.6 Å². The number of halogens is 1. The zero-order valence-electron chi connectivity index (χ0n) is 25.0.